The number of pyridine rings is 1. The number of hydrogen-bond acceptors (Lipinski definition) is 4. The van der Waals surface area contributed by atoms with E-state index in [0.717, 1.165) is 55.9 Å². The van der Waals surface area contributed by atoms with Crippen molar-refractivity contribution in [3.05, 3.63) is 222 Å². The number of fused-ring (bicyclic) bond motifs is 4. The van der Waals surface area contributed by atoms with Crippen LogP contribution in [0.15, 0.2) is 164 Å². The second-order valence-electron chi connectivity index (χ2n) is 23.6. The van der Waals surface area contributed by atoms with Crippen molar-refractivity contribution < 1.29 is 25.8 Å². The molecule has 2 aromatic heterocycles. The molecule has 0 unspecified atom stereocenters. The summed E-state index contributed by atoms with van der Waals surface area (Å²) in [5.74, 6) is 2.06. The Labute approximate surface area is 443 Å². The van der Waals surface area contributed by atoms with Gasteiger partial charge in [-0.05, 0) is 103 Å². The predicted molar refractivity (Wildman–Crippen MR) is 297 cm³/mol. The number of nitrogens with zero attached hydrogens (tertiary/aromatic N) is 4. The van der Waals surface area contributed by atoms with Crippen molar-refractivity contribution in [2.24, 2.45) is 0 Å². The SMILES string of the molecule is CC(C)(C)c1cccc(N2[CH-]N(c3[c-]c(Oc4[c-]c5c(cc4)c4ccc(C(C)(C)C)cc4n5-c4cc(C(C)(C)C)ccn4)cc(C(C)(C)c4ccccc4)c3)c3ccc(C(C)(C)c4ccccc4)cc32)c1.[Pt]. The van der Waals surface area contributed by atoms with Gasteiger partial charge in [0.25, 0.3) is 0 Å². The topological polar surface area (TPSA) is 33.5 Å². The fourth-order valence-corrected chi connectivity index (χ4v) is 10.00. The maximum atomic E-state index is 7.07. The van der Waals surface area contributed by atoms with E-state index >= 15 is 0 Å². The minimum absolute atomic E-state index is 0. The summed E-state index contributed by atoms with van der Waals surface area (Å²) >= 11 is 0. The molecule has 72 heavy (non-hydrogen) atoms. The number of anilines is 4. The summed E-state index contributed by atoms with van der Waals surface area (Å²) in [7, 11) is 0. The van der Waals surface area contributed by atoms with Crippen molar-refractivity contribution in [3.63, 3.8) is 0 Å². The Bertz CT molecular complexity index is 3440. The normalized spacial score (nSPS) is 13.4. The Balaban J connectivity index is 0.00000640. The fourth-order valence-electron chi connectivity index (χ4n) is 10.00. The molecule has 0 radical (unpaired) electrons. The Kier molecular flexibility index (Phi) is 13.0. The van der Waals surface area contributed by atoms with Crippen molar-refractivity contribution in [1.82, 2.24) is 9.55 Å². The molecule has 3 heterocycles. The Hall–Kier alpha value is -6.42. The molecule has 5 nitrogen and oxygen atoms in total. The first kappa shape index (κ1) is 50.5. The smallest absolute Gasteiger partial charge is 0.135 e. The van der Waals surface area contributed by atoms with Gasteiger partial charge in [0.1, 0.15) is 5.82 Å². The molecule has 0 spiro atoms. The van der Waals surface area contributed by atoms with Gasteiger partial charge in [0.15, 0.2) is 0 Å². The number of hydrogen-bond donors (Lipinski definition) is 0. The monoisotopic (exact) mass is 1130 g/mol. The van der Waals surface area contributed by atoms with Crippen LogP contribution in [0.1, 0.15) is 129 Å². The molecular weight excluding hydrogens is 1060 g/mol. The maximum Gasteiger partial charge on any atom is 0.135 e. The van der Waals surface area contributed by atoms with Gasteiger partial charge in [-0.15, -0.1) is 53.6 Å². The zero-order valence-corrected chi connectivity index (χ0v) is 46.5. The van der Waals surface area contributed by atoms with Crippen LogP contribution in [0, 0.1) is 18.8 Å². The first-order valence-corrected chi connectivity index (χ1v) is 25.1. The summed E-state index contributed by atoms with van der Waals surface area (Å²) in [6.07, 6.45) is 1.93. The van der Waals surface area contributed by atoms with Gasteiger partial charge in [-0.3, -0.25) is 0 Å². The van der Waals surface area contributed by atoms with Crippen LogP contribution in [0.4, 0.5) is 22.7 Å². The van der Waals surface area contributed by atoms with Crippen molar-refractivity contribution in [1.29, 1.82) is 0 Å². The molecule has 9 aromatic rings. The van der Waals surface area contributed by atoms with E-state index in [9.17, 15) is 0 Å². The van der Waals surface area contributed by atoms with E-state index in [1.54, 1.807) is 0 Å². The number of rotatable bonds is 9. The average Bonchev–Trinajstić information content (AvgIpc) is 3.89. The molecule has 370 valence electrons. The second kappa shape index (κ2) is 18.6. The molecule has 0 aliphatic carbocycles. The first-order valence-electron chi connectivity index (χ1n) is 25.1. The van der Waals surface area contributed by atoms with E-state index in [1.165, 1.54) is 33.4 Å². The number of ether oxygens (including phenoxy) is 1. The largest absolute Gasteiger partial charge is 0.509 e. The van der Waals surface area contributed by atoms with Gasteiger partial charge in [-0.25, -0.2) is 4.98 Å². The van der Waals surface area contributed by atoms with Gasteiger partial charge in [-0.1, -0.05) is 187 Å². The Morgan fingerprint density at radius 1 is 0.444 bits per heavy atom. The van der Waals surface area contributed by atoms with E-state index in [2.05, 4.69) is 275 Å². The molecule has 10 rings (SSSR count). The van der Waals surface area contributed by atoms with Crippen molar-refractivity contribution in [3.8, 4) is 17.3 Å². The third kappa shape index (κ3) is 9.42. The van der Waals surface area contributed by atoms with Crippen LogP contribution >= 0.6 is 0 Å². The first-order chi connectivity index (χ1) is 33.6. The Morgan fingerprint density at radius 3 is 1.68 bits per heavy atom. The minimum Gasteiger partial charge on any atom is -0.509 e. The zero-order chi connectivity index (χ0) is 50.3. The molecular formula is C66H67N4OPt-3. The van der Waals surface area contributed by atoms with Crippen molar-refractivity contribution in [2.75, 3.05) is 9.80 Å². The number of benzene rings is 7. The molecule has 6 heteroatoms. The molecule has 0 amide bonds. The minimum atomic E-state index is -0.384. The molecule has 1 aliphatic heterocycles. The quantitative estimate of drug-likeness (QED) is 0.135. The maximum absolute atomic E-state index is 7.07. The Morgan fingerprint density at radius 2 is 1.03 bits per heavy atom. The molecule has 7 aromatic carbocycles. The second-order valence-corrected chi connectivity index (χ2v) is 23.6. The molecule has 0 saturated carbocycles. The van der Waals surface area contributed by atoms with Crippen LogP contribution in [-0.2, 0) is 48.1 Å². The van der Waals surface area contributed by atoms with E-state index in [4.69, 9.17) is 9.72 Å². The zero-order valence-electron chi connectivity index (χ0n) is 44.2. The molecule has 0 N–H and O–H groups in total. The van der Waals surface area contributed by atoms with Gasteiger partial charge in [0.05, 0.1) is 0 Å². The molecule has 1 aliphatic rings. The third-order valence-corrected chi connectivity index (χ3v) is 14.8. The third-order valence-electron chi connectivity index (χ3n) is 14.8. The fraction of sp³-hybridized carbons (Fsp3) is 0.273. The summed E-state index contributed by atoms with van der Waals surface area (Å²) in [5, 5.41) is 2.24. The van der Waals surface area contributed by atoms with E-state index < -0.39 is 0 Å². The van der Waals surface area contributed by atoms with E-state index in [0.29, 0.717) is 11.5 Å². The standard InChI is InChI=1S/C66H67N4O.Pt/c1-62(2,3)46-25-20-26-51(35-46)68-43-69(57-32-28-49(39-60(57)68)65(10,11)44-21-16-14-17-22-44)52-36-50(66(12,13)45-23-18-15-19-24-45)37-54(41-52)71-53-29-31-56-55-30-27-47(63(4,5)6)38-58(55)70(59(56)42-53)61-40-48(33-34-67-61)64(7,8)9;/h14-40,43H,1-13H3;/q-3;. The average molecular weight is 1130 g/mol. The van der Waals surface area contributed by atoms with Gasteiger partial charge in [0, 0.05) is 66.8 Å². The molecule has 0 atom stereocenters. The van der Waals surface area contributed by atoms with Crippen LogP contribution in [0.5, 0.6) is 11.5 Å². The van der Waals surface area contributed by atoms with Crippen LogP contribution in [0.25, 0.3) is 27.6 Å². The summed E-state index contributed by atoms with van der Waals surface area (Å²) in [4.78, 5) is 9.62. The van der Waals surface area contributed by atoms with Crippen molar-refractivity contribution in [2.45, 2.75) is 117 Å². The van der Waals surface area contributed by atoms with Crippen LogP contribution in [0.3, 0.4) is 0 Å². The van der Waals surface area contributed by atoms with Gasteiger partial charge < -0.3 is 19.1 Å². The van der Waals surface area contributed by atoms with Gasteiger partial charge >= 0.3 is 0 Å². The van der Waals surface area contributed by atoms with E-state index in [-0.39, 0.29) is 48.1 Å². The number of aromatic nitrogens is 2. The van der Waals surface area contributed by atoms with Gasteiger partial charge in [-0.2, -0.15) is 6.07 Å². The van der Waals surface area contributed by atoms with Gasteiger partial charge in [0.2, 0.25) is 0 Å². The summed E-state index contributed by atoms with van der Waals surface area (Å²) in [5.41, 5.74) is 14.0. The summed E-state index contributed by atoms with van der Waals surface area (Å²) < 4.78 is 9.33. The van der Waals surface area contributed by atoms with Crippen LogP contribution in [0.2, 0.25) is 0 Å². The predicted octanol–water partition coefficient (Wildman–Crippen LogP) is 17.5. The molecule has 0 fully saturated rings. The van der Waals surface area contributed by atoms with Crippen molar-refractivity contribution >= 4 is 44.6 Å². The van der Waals surface area contributed by atoms with Crippen LogP contribution in [-0.4, -0.2) is 9.55 Å². The molecule has 0 bridgehead atoms. The molecule has 0 saturated heterocycles. The summed E-state index contributed by atoms with van der Waals surface area (Å²) in [6, 6.07) is 64.8. The van der Waals surface area contributed by atoms with Crippen LogP contribution < -0.4 is 14.5 Å². The summed E-state index contributed by atoms with van der Waals surface area (Å²) in [6.45, 7) is 31.8. The van der Waals surface area contributed by atoms with E-state index in [1.807, 2.05) is 12.3 Å².